The van der Waals surface area contributed by atoms with Gasteiger partial charge in [-0.2, -0.15) is 0 Å². The second-order valence-electron chi connectivity index (χ2n) is 8.50. The Labute approximate surface area is 180 Å². The van der Waals surface area contributed by atoms with Gasteiger partial charge < -0.3 is 14.5 Å². The highest BCUT2D eigenvalue weighted by Crippen LogP contribution is 2.29. The van der Waals surface area contributed by atoms with Crippen LogP contribution in [-0.4, -0.2) is 69.1 Å². The third-order valence-electron chi connectivity index (χ3n) is 6.25. The van der Waals surface area contributed by atoms with Gasteiger partial charge in [0.25, 0.3) is 5.56 Å². The van der Waals surface area contributed by atoms with Crippen molar-refractivity contribution in [3.63, 3.8) is 0 Å². The lowest BCUT2D eigenvalue weighted by atomic mass is 9.99. The van der Waals surface area contributed by atoms with Crippen LogP contribution in [0.1, 0.15) is 41.4 Å². The normalized spacial score (nSPS) is 21.0. The first-order chi connectivity index (χ1) is 15.1. The van der Waals surface area contributed by atoms with E-state index < -0.39 is 0 Å². The molecule has 2 atom stereocenters. The lowest BCUT2D eigenvalue weighted by molar-refractivity contribution is 0.0205. The van der Waals surface area contributed by atoms with E-state index in [4.69, 9.17) is 9.47 Å². The van der Waals surface area contributed by atoms with Gasteiger partial charge in [-0.3, -0.25) is 9.69 Å². The summed E-state index contributed by atoms with van der Waals surface area (Å²) in [5.41, 5.74) is 3.65. The van der Waals surface area contributed by atoms with E-state index in [1.165, 1.54) is 0 Å². The van der Waals surface area contributed by atoms with Gasteiger partial charge >= 0.3 is 0 Å². The summed E-state index contributed by atoms with van der Waals surface area (Å²) in [6, 6.07) is 5.80. The number of benzene rings is 1. The molecular weight excluding hydrogens is 396 g/mol. The Morgan fingerprint density at radius 1 is 1.19 bits per heavy atom. The van der Waals surface area contributed by atoms with Crippen molar-refractivity contribution >= 4 is 10.9 Å². The van der Waals surface area contributed by atoms with Crippen LogP contribution in [-0.2, 0) is 16.0 Å². The molecule has 164 valence electrons. The molecule has 0 radical (unpaired) electrons. The van der Waals surface area contributed by atoms with Crippen molar-refractivity contribution in [3.8, 4) is 0 Å². The van der Waals surface area contributed by atoms with Crippen molar-refractivity contribution in [1.29, 1.82) is 0 Å². The quantitative estimate of drug-likeness (QED) is 0.666. The van der Waals surface area contributed by atoms with Crippen LogP contribution in [0, 0.1) is 13.8 Å². The highest BCUT2D eigenvalue weighted by molar-refractivity contribution is 5.83. The standard InChI is InChI=1S/C22H28N6O3/c1-14-10-15(2)17-12-18(22(29)23-19(17)11-14)20(27-5-8-30-9-6-27)21-24-25-26-28(21)13-16-4-3-7-31-16/h10-12,16,20H,3-9,13H2,1-2H3,(H,23,29)/t16-,20+/m1/s1. The van der Waals surface area contributed by atoms with E-state index >= 15 is 0 Å². The minimum atomic E-state index is -0.353. The molecule has 1 N–H and O–H groups in total. The van der Waals surface area contributed by atoms with Crippen LogP contribution in [0.5, 0.6) is 0 Å². The Balaban J connectivity index is 1.62. The van der Waals surface area contributed by atoms with Gasteiger partial charge in [-0.1, -0.05) is 6.07 Å². The first-order valence-electron chi connectivity index (χ1n) is 10.9. The minimum absolute atomic E-state index is 0.104. The number of ether oxygens (including phenoxy) is 2. The van der Waals surface area contributed by atoms with E-state index in [1.807, 2.05) is 23.7 Å². The Bertz CT molecular complexity index is 1130. The fraction of sp³-hybridized carbons (Fsp3) is 0.545. The number of H-pyrrole nitrogens is 1. The van der Waals surface area contributed by atoms with Crippen molar-refractivity contribution in [2.24, 2.45) is 0 Å². The van der Waals surface area contributed by atoms with Crippen LogP contribution < -0.4 is 5.56 Å². The fourth-order valence-corrected chi connectivity index (χ4v) is 4.75. The van der Waals surface area contributed by atoms with Crippen LogP contribution in [0.2, 0.25) is 0 Å². The molecule has 1 aromatic carbocycles. The maximum atomic E-state index is 13.3. The second kappa shape index (κ2) is 8.49. The lowest BCUT2D eigenvalue weighted by Gasteiger charge is -2.33. The van der Waals surface area contributed by atoms with E-state index in [2.05, 4.69) is 38.4 Å². The average Bonchev–Trinajstić information content (AvgIpc) is 3.43. The number of pyridine rings is 1. The predicted molar refractivity (Wildman–Crippen MR) is 115 cm³/mol. The van der Waals surface area contributed by atoms with E-state index in [0.29, 0.717) is 44.2 Å². The zero-order valence-electron chi connectivity index (χ0n) is 18.0. The number of morpholine rings is 1. The average molecular weight is 425 g/mol. The number of fused-ring (bicyclic) bond motifs is 1. The molecule has 0 saturated carbocycles. The molecule has 31 heavy (non-hydrogen) atoms. The maximum absolute atomic E-state index is 13.3. The summed E-state index contributed by atoms with van der Waals surface area (Å²) in [4.78, 5) is 18.6. The molecule has 9 heteroatoms. The molecule has 4 heterocycles. The second-order valence-corrected chi connectivity index (χ2v) is 8.50. The molecule has 0 amide bonds. The molecule has 2 aliphatic rings. The van der Waals surface area contributed by atoms with Crippen molar-refractivity contribution in [3.05, 3.63) is 51.1 Å². The number of nitrogens with zero attached hydrogens (tertiary/aromatic N) is 5. The molecule has 2 aliphatic heterocycles. The molecular formula is C22H28N6O3. The summed E-state index contributed by atoms with van der Waals surface area (Å²) in [5.74, 6) is 0.673. The smallest absolute Gasteiger partial charge is 0.253 e. The monoisotopic (exact) mass is 424 g/mol. The lowest BCUT2D eigenvalue weighted by Crippen LogP contribution is -2.42. The van der Waals surface area contributed by atoms with Crippen molar-refractivity contribution in [2.45, 2.75) is 45.4 Å². The van der Waals surface area contributed by atoms with E-state index in [-0.39, 0.29) is 17.7 Å². The van der Waals surface area contributed by atoms with E-state index in [9.17, 15) is 4.79 Å². The summed E-state index contributed by atoms with van der Waals surface area (Å²) in [5, 5.41) is 13.6. The third-order valence-corrected chi connectivity index (χ3v) is 6.25. The van der Waals surface area contributed by atoms with Gasteiger partial charge in [-0.25, -0.2) is 4.68 Å². The van der Waals surface area contributed by atoms with Crippen molar-refractivity contribution in [1.82, 2.24) is 30.1 Å². The van der Waals surface area contributed by atoms with Gasteiger partial charge in [0.1, 0.15) is 6.04 Å². The molecule has 3 aromatic rings. The number of tetrazole rings is 1. The van der Waals surface area contributed by atoms with Crippen molar-refractivity contribution in [2.75, 3.05) is 32.9 Å². The number of hydrogen-bond acceptors (Lipinski definition) is 7. The van der Waals surface area contributed by atoms with Crippen molar-refractivity contribution < 1.29 is 9.47 Å². The molecule has 2 saturated heterocycles. The largest absolute Gasteiger partial charge is 0.379 e. The van der Waals surface area contributed by atoms with Gasteiger partial charge in [-0.15, -0.1) is 5.10 Å². The molecule has 0 bridgehead atoms. The number of aromatic nitrogens is 5. The van der Waals surface area contributed by atoms with Crippen LogP contribution in [0.3, 0.4) is 0 Å². The van der Waals surface area contributed by atoms with Crippen LogP contribution in [0.4, 0.5) is 0 Å². The Morgan fingerprint density at radius 3 is 2.81 bits per heavy atom. The van der Waals surface area contributed by atoms with Gasteiger partial charge in [0.2, 0.25) is 0 Å². The summed E-state index contributed by atoms with van der Waals surface area (Å²) >= 11 is 0. The summed E-state index contributed by atoms with van der Waals surface area (Å²) in [6.07, 6.45) is 2.15. The summed E-state index contributed by atoms with van der Waals surface area (Å²) < 4.78 is 13.2. The predicted octanol–water partition coefficient (Wildman–Crippen LogP) is 1.73. The molecule has 0 unspecified atom stereocenters. The third kappa shape index (κ3) is 4.00. The number of nitrogens with one attached hydrogen (secondary N) is 1. The summed E-state index contributed by atoms with van der Waals surface area (Å²) in [7, 11) is 0. The Morgan fingerprint density at radius 2 is 2.03 bits per heavy atom. The number of aromatic amines is 1. The van der Waals surface area contributed by atoms with Crippen LogP contribution in [0.25, 0.3) is 10.9 Å². The van der Waals surface area contributed by atoms with Gasteiger partial charge in [0, 0.05) is 36.2 Å². The van der Waals surface area contributed by atoms with Gasteiger partial charge in [0.15, 0.2) is 5.82 Å². The fourth-order valence-electron chi connectivity index (χ4n) is 4.75. The highest BCUT2D eigenvalue weighted by Gasteiger charge is 2.32. The van der Waals surface area contributed by atoms with Gasteiger partial charge in [0.05, 0.1) is 25.9 Å². The van der Waals surface area contributed by atoms with E-state index in [0.717, 1.165) is 41.5 Å². The number of rotatable bonds is 5. The molecule has 9 nitrogen and oxygen atoms in total. The first kappa shape index (κ1) is 20.3. The topological polar surface area (TPSA) is 98.2 Å². The van der Waals surface area contributed by atoms with Gasteiger partial charge in [-0.05, 0) is 60.4 Å². The molecule has 5 rings (SSSR count). The first-order valence-corrected chi connectivity index (χ1v) is 10.9. The molecule has 2 fully saturated rings. The molecule has 0 spiro atoms. The zero-order chi connectivity index (χ0) is 21.4. The van der Waals surface area contributed by atoms with E-state index in [1.54, 1.807) is 0 Å². The maximum Gasteiger partial charge on any atom is 0.253 e. The molecule has 0 aliphatic carbocycles. The highest BCUT2D eigenvalue weighted by atomic mass is 16.5. The Kier molecular flexibility index (Phi) is 5.56. The molecule has 2 aromatic heterocycles. The minimum Gasteiger partial charge on any atom is -0.379 e. The summed E-state index contributed by atoms with van der Waals surface area (Å²) in [6.45, 7) is 8.13. The SMILES string of the molecule is Cc1cc(C)c2cc([C@@H](c3nnnn3C[C@H]3CCCO3)N3CCOCC3)c(=O)[nH]c2c1. The van der Waals surface area contributed by atoms with Crippen LogP contribution >= 0.6 is 0 Å². The Hall–Kier alpha value is -2.62. The number of aryl methyl sites for hydroxylation is 2. The zero-order valence-corrected chi connectivity index (χ0v) is 18.0. The van der Waals surface area contributed by atoms with Crippen LogP contribution in [0.15, 0.2) is 23.0 Å². The number of hydrogen-bond donors (Lipinski definition) is 1.